The lowest BCUT2D eigenvalue weighted by Gasteiger charge is -2.05. The molecule has 0 aromatic heterocycles. The number of aliphatic imine (C=N–C) groups is 1. The van der Waals surface area contributed by atoms with E-state index in [1.165, 1.54) is 0 Å². The highest BCUT2D eigenvalue weighted by atomic mass is 35.5. The third-order valence-corrected chi connectivity index (χ3v) is 2.07. The minimum Gasteiger partial charge on any atom is -0.473 e. The highest BCUT2D eigenvalue weighted by Gasteiger charge is 2.34. The van der Waals surface area contributed by atoms with Gasteiger partial charge in [-0.15, -0.1) is 11.6 Å². The summed E-state index contributed by atoms with van der Waals surface area (Å²) in [5.41, 5.74) is 0. The molecule has 2 rings (SSSR count). The molecular weight excluding hydrogens is 152 g/mol. The normalized spacial score (nSPS) is 37.1. The molecule has 2 aliphatic heterocycles. The van der Waals surface area contributed by atoms with Crippen LogP contribution in [-0.2, 0) is 4.74 Å². The van der Waals surface area contributed by atoms with Gasteiger partial charge in [-0.05, 0) is 0 Å². The van der Waals surface area contributed by atoms with Gasteiger partial charge in [-0.1, -0.05) is 0 Å². The van der Waals surface area contributed by atoms with E-state index >= 15 is 0 Å². The van der Waals surface area contributed by atoms with Crippen LogP contribution in [0.2, 0.25) is 0 Å². The number of hydrogen-bond donors (Lipinski definition) is 1. The van der Waals surface area contributed by atoms with Crippen LogP contribution in [0.4, 0.5) is 0 Å². The second-order valence-electron chi connectivity index (χ2n) is 2.54. The second kappa shape index (κ2) is 2.40. The quantitative estimate of drug-likeness (QED) is 0.548. The third kappa shape index (κ3) is 0.896. The van der Waals surface area contributed by atoms with Gasteiger partial charge < -0.3 is 10.1 Å². The van der Waals surface area contributed by atoms with Gasteiger partial charge in [-0.25, -0.2) is 4.99 Å². The van der Waals surface area contributed by atoms with Gasteiger partial charge in [-0.2, -0.15) is 0 Å². The lowest BCUT2D eigenvalue weighted by molar-refractivity contribution is 0.223. The summed E-state index contributed by atoms with van der Waals surface area (Å²) in [6.07, 6.45) is 0.258. The first-order chi connectivity index (χ1) is 4.90. The number of alkyl halides is 1. The smallest absolute Gasteiger partial charge is 0.199 e. The predicted molar refractivity (Wildman–Crippen MR) is 39.7 cm³/mol. The largest absolute Gasteiger partial charge is 0.473 e. The zero-order valence-corrected chi connectivity index (χ0v) is 6.27. The van der Waals surface area contributed by atoms with Gasteiger partial charge in [0.2, 0.25) is 0 Å². The molecule has 1 saturated heterocycles. The summed E-state index contributed by atoms with van der Waals surface area (Å²) in [5, 5.41) is 3.19. The summed E-state index contributed by atoms with van der Waals surface area (Å²) in [4.78, 5) is 4.27. The minimum atomic E-state index is 0.258. The van der Waals surface area contributed by atoms with Crippen molar-refractivity contribution in [3.8, 4) is 0 Å². The molecule has 0 amide bonds. The Morgan fingerprint density at radius 2 is 2.60 bits per heavy atom. The van der Waals surface area contributed by atoms with Crippen molar-refractivity contribution in [1.29, 1.82) is 0 Å². The molecular formula is C6H9ClN2O. The Balaban J connectivity index is 2.06. The number of nitrogens with zero attached hydrogens (tertiary/aromatic N) is 1. The van der Waals surface area contributed by atoms with Crippen molar-refractivity contribution in [1.82, 2.24) is 5.32 Å². The highest BCUT2D eigenvalue weighted by molar-refractivity contribution is 6.27. The maximum absolute atomic E-state index is 5.54. The van der Waals surface area contributed by atoms with Crippen molar-refractivity contribution in [2.24, 2.45) is 4.99 Å². The van der Waals surface area contributed by atoms with E-state index in [9.17, 15) is 0 Å². The zero-order valence-electron chi connectivity index (χ0n) is 5.51. The van der Waals surface area contributed by atoms with Crippen LogP contribution in [0.25, 0.3) is 0 Å². The SMILES string of the molecule is ClCC1=NC2CNCC2O1. The molecule has 2 unspecified atom stereocenters. The van der Waals surface area contributed by atoms with Crippen molar-refractivity contribution in [3.05, 3.63) is 0 Å². The van der Waals surface area contributed by atoms with Crippen molar-refractivity contribution in [3.63, 3.8) is 0 Å². The van der Waals surface area contributed by atoms with Crippen LogP contribution in [0, 0.1) is 0 Å². The van der Waals surface area contributed by atoms with Crippen molar-refractivity contribution < 1.29 is 4.74 Å². The van der Waals surface area contributed by atoms with Crippen LogP contribution in [0.3, 0.4) is 0 Å². The Hall–Kier alpha value is -0.280. The van der Waals surface area contributed by atoms with Gasteiger partial charge in [-0.3, -0.25) is 0 Å². The van der Waals surface area contributed by atoms with Crippen molar-refractivity contribution in [2.45, 2.75) is 12.1 Å². The summed E-state index contributed by atoms with van der Waals surface area (Å²) in [6, 6.07) is 0.328. The number of fused-ring (bicyclic) bond motifs is 1. The van der Waals surface area contributed by atoms with Crippen LogP contribution in [0.5, 0.6) is 0 Å². The van der Waals surface area contributed by atoms with Gasteiger partial charge in [0, 0.05) is 13.1 Å². The molecule has 2 heterocycles. The summed E-state index contributed by atoms with van der Waals surface area (Å²) >= 11 is 5.54. The molecule has 4 heteroatoms. The van der Waals surface area contributed by atoms with E-state index in [1.54, 1.807) is 0 Å². The van der Waals surface area contributed by atoms with Crippen LogP contribution in [-0.4, -0.2) is 37.0 Å². The van der Waals surface area contributed by atoms with E-state index in [2.05, 4.69) is 10.3 Å². The summed E-state index contributed by atoms with van der Waals surface area (Å²) in [7, 11) is 0. The molecule has 0 aromatic rings. The van der Waals surface area contributed by atoms with Gasteiger partial charge in [0.05, 0.1) is 5.88 Å². The van der Waals surface area contributed by atoms with Gasteiger partial charge >= 0.3 is 0 Å². The average Bonchev–Trinajstić information content (AvgIpc) is 2.42. The Morgan fingerprint density at radius 3 is 3.30 bits per heavy atom. The maximum Gasteiger partial charge on any atom is 0.199 e. The molecule has 1 N–H and O–H groups in total. The molecule has 3 nitrogen and oxygen atoms in total. The molecule has 0 radical (unpaired) electrons. The Labute approximate surface area is 64.4 Å². The second-order valence-corrected chi connectivity index (χ2v) is 2.81. The fourth-order valence-electron chi connectivity index (χ4n) is 1.35. The maximum atomic E-state index is 5.54. The van der Waals surface area contributed by atoms with Crippen LogP contribution in [0.1, 0.15) is 0 Å². The van der Waals surface area contributed by atoms with E-state index in [0.717, 1.165) is 13.1 Å². The molecule has 2 aliphatic rings. The number of ether oxygens (including phenoxy) is 1. The van der Waals surface area contributed by atoms with Crippen LogP contribution < -0.4 is 5.32 Å². The lowest BCUT2D eigenvalue weighted by atomic mass is 10.2. The Bertz CT molecular complexity index is 171. The van der Waals surface area contributed by atoms with E-state index in [-0.39, 0.29) is 6.10 Å². The Kier molecular flexibility index (Phi) is 1.54. The number of hydrogen-bond acceptors (Lipinski definition) is 3. The van der Waals surface area contributed by atoms with E-state index in [1.807, 2.05) is 0 Å². The molecule has 0 aliphatic carbocycles. The molecule has 0 spiro atoms. The van der Waals surface area contributed by atoms with E-state index in [4.69, 9.17) is 16.3 Å². The number of nitrogens with one attached hydrogen (secondary N) is 1. The molecule has 10 heavy (non-hydrogen) atoms. The van der Waals surface area contributed by atoms with E-state index < -0.39 is 0 Å². The Morgan fingerprint density at radius 1 is 1.70 bits per heavy atom. The summed E-state index contributed by atoms with van der Waals surface area (Å²) in [5.74, 6) is 1.12. The minimum absolute atomic E-state index is 0.258. The molecule has 2 atom stereocenters. The summed E-state index contributed by atoms with van der Waals surface area (Å²) < 4.78 is 5.39. The molecule has 0 bridgehead atoms. The fraction of sp³-hybridized carbons (Fsp3) is 0.833. The summed E-state index contributed by atoms with van der Waals surface area (Å²) in [6.45, 7) is 1.85. The highest BCUT2D eigenvalue weighted by Crippen LogP contribution is 2.16. The van der Waals surface area contributed by atoms with Crippen molar-refractivity contribution in [2.75, 3.05) is 19.0 Å². The molecule has 0 aromatic carbocycles. The van der Waals surface area contributed by atoms with E-state index in [0.29, 0.717) is 17.8 Å². The average molecular weight is 161 g/mol. The number of rotatable bonds is 1. The monoisotopic (exact) mass is 160 g/mol. The molecule has 56 valence electrons. The van der Waals surface area contributed by atoms with Crippen LogP contribution in [0.15, 0.2) is 4.99 Å². The standard InChI is InChI=1S/C6H9ClN2O/c7-1-6-9-4-2-8-3-5(4)10-6/h4-5,8H,1-3H2. The first kappa shape index (κ1) is 6.43. The third-order valence-electron chi connectivity index (χ3n) is 1.84. The van der Waals surface area contributed by atoms with Gasteiger partial charge in [0.15, 0.2) is 5.90 Å². The predicted octanol–water partition coefficient (Wildman–Crippen LogP) is -0.00570. The first-order valence-electron chi connectivity index (χ1n) is 3.40. The number of halogens is 1. The topological polar surface area (TPSA) is 33.6 Å². The van der Waals surface area contributed by atoms with Crippen LogP contribution >= 0.6 is 11.6 Å². The zero-order chi connectivity index (χ0) is 6.97. The molecule has 0 saturated carbocycles. The van der Waals surface area contributed by atoms with Gasteiger partial charge in [0.25, 0.3) is 0 Å². The van der Waals surface area contributed by atoms with Gasteiger partial charge in [0.1, 0.15) is 12.1 Å². The lowest BCUT2D eigenvalue weighted by Crippen LogP contribution is -2.20. The van der Waals surface area contributed by atoms with Crippen molar-refractivity contribution >= 4 is 17.5 Å². The molecule has 1 fully saturated rings. The fourth-order valence-corrected chi connectivity index (χ4v) is 1.48. The first-order valence-corrected chi connectivity index (χ1v) is 3.93.